The number of nitrogens with two attached hydrogens (primary N) is 1. The Bertz CT molecular complexity index is 1290. The molecule has 2 N–H and O–H groups in total. The predicted molar refractivity (Wildman–Crippen MR) is 133 cm³/mol. The zero-order valence-electron chi connectivity index (χ0n) is 17.2. The lowest BCUT2D eigenvalue weighted by Crippen LogP contribution is -1.93. The van der Waals surface area contributed by atoms with Gasteiger partial charge in [-0.3, -0.25) is 0 Å². The number of hydrogen-bond acceptors (Lipinski definition) is 1. The summed E-state index contributed by atoms with van der Waals surface area (Å²) in [7, 11) is 0. The van der Waals surface area contributed by atoms with Gasteiger partial charge < -0.3 is 5.73 Å². The second-order valence-electron chi connectivity index (χ2n) is 7.66. The Kier molecular flexibility index (Phi) is 5.08. The van der Waals surface area contributed by atoms with Gasteiger partial charge in [0, 0.05) is 11.3 Å². The molecule has 0 bridgehead atoms. The van der Waals surface area contributed by atoms with Crippen molar-refractivity contribution in [3.8, 4) is 44.5 Å². The van der Waals surface area contributed by atoms with Crippen molar-refractivity contribution in [2.24, 2.45) is 0 Å². The number of rotatable bonds is 4. The van der Waals surface area contributed by atoms with Crippen LogP contribution in [0.25, 0.3) is 44.5 Å². The van der Waals surface area contributed by atoms with E-state index in [1.54, 1.807) is 0 Å². The van der Waals surface area contributed by atoms with E-state index in [1.807, 2.05) is 24.3 Å². The predicted octanol–water partition coefficient (Wildman–Crippen LogP) is 7.94. The Labute approximate surface area is 183 Å². The summed E-state index contributed by atoms with van der Waals surface area (Å²) in [5.74, 6) is 0. The second-order valence-corrected chi connectivity index (χ2v) is 7.66. The molecule has 0 atom stereocenters. The summed E-state index contributed by atoms with van der Waals surface area (Å²) >= 11 is 0. The summed E-state index contributed by atoms with van der Waals surface area (Å²) < 4.78 is 0. The molecule has 0 unspecified atom stereocenters. The van der Waals surface area contributed by atoms with Gasteiger partial charge in [0.15, 0.2) is 0 Å². The van der Waals surface area contributed by atoms with E-state index in [2.05, 4.69) is 103 Å². The third-order valence-electron chi connectivity index (χ3n) is 5.68. The van der Waals surface area contributed by atoms with Gasteiger partial charge in [-0.15, -0.1) is 0 Å². The van der Waals surface area contributed by atoms with Crippen LogP contribution in [0.4, 0.5) is 5.69 Å². The molecule has 5 aromatic carbocycles. The maximum atomic E-state index is 6.46. The van der Waals surface area contributed by atoms with Crippen LogP contribution in [0.15, 0.2) is 127 Å². The van der Waals surface area contributed by atoms with Crippen molar-refractivity contribution < 1.29 is 0 Å². The summed E-state index contributed by atoms with van der Waals surface area (Å²) in [5, 5.41) is 0. The van der Waals surface area contributed by atoms with E-state index in [1.165, 1.54) is 22.3 Å². The molecule has 0 aliphatic rings. The van der Waals surface area contributed by atoms with Gasteiger partial charge in [0.05, 0.1) is 0 Å². The van der Waals surface area contributed by atoms with E-state index in [0.717, 1.165) is 27.9 Å². The molecule has 1 heteroatoms. The van der Waals surface area contributed by atoms with E-state index in [-0.39, 0.29) is 0 Å². The largest absolute Gasteiger partial charge is 0.398 e. The van der Waals surface area contributed by atoms with Crippen LogP contribution in [0.2, 0.25) is 0 Å². The fourth-order valence-electron chi connectivity index (χ4n) is 4.07. The van der Waals surface area contributed by atoms with E-state index >= 15 is 0 Å². The van der Waals surface area contributed by atoms with Crippen molar-refractivity contribution in [2.75, 3.05) is 5.73 Å². The fraction of sp³-hybridized carbons (Fsp3) is 0. The third-order valence-corrected chi connectivity index (χ3v) is 5.68. The number of nitrogen functional groups attached to an aromatic ring is 1. The zero-order valence-corrected chi connectivity index (χ0v) is 17.2. The molecule has 0 saturated carbocycles. The lowest BCUT2D eigenvalue weighted by Gasteiger charge is -2.14. The topological polar surface area (TPSA) is 26.0 Å². The Balaban J connectivity index is 1.53. The Morgan fingerprint density at radius 1 is 0.323 bits per heavy atom. The molecule has 0 fully saturated rings. The molecule has 0 aromatic heterocycles. The van der Waals surface area contributed by atoms with E-state index < -0.39 is 0 Å². The van der Waals surface area contributed by atoms with Crippen molar-refractivity contribution in [3.05, 3.63) is 127 Å². The van der Waals surface area contributed by atoms with Crippen LogP contribution in [-0.2, 0) is 0 Å². The van der Waals surface area contributed by atoms with Crippen molar-refractivity contribution in [3.63, 3.8) is 0 Å². The minimum absolute atomic E-state index is 0.789. The lowest BCUT2D eigenvalue weighted by molar-refractivity contribution is 1.56. The molecule has 1 nitrogen and oxygen atoms in total. The summed E-state index contributed by atoms with van der Waals surface area (Å²) in [4.78, 5) is 0. The number of anilines is 1. The standard InChI is InChI=1S/C30H23N/c31-29-13-7-12-28(26-18-14-24(15-19-26)22-8-3-1-4-9-22)30(29)27-20-16-25(17-21-27)23-10-5-2-6-11-23/h1-21H,31H2. The van der Waals surface area contributed by atoms with Crippen molar-refractivity contribution in [1.82, 2.24) is 0 Å². The van der Waals surface area contributed by atoms with Gasteiger partial charge in [-0.1, -0.05) is 121 Å². The molecule has 0 saturated heterocycles. The van der Waals surface area contributed by atoms with Gasteiger partial charge in [0.25, 0.3) is 0 Å². The Morgan fingerprint density at radius 3 is 1.26 bits per heavy atom. The van der Waals surface area contributed by atoms with Crippen molar-refractivity contribution in [2.45, 2.75) is 0 Å². The fourth-order valence-corrected chi connectivity index (χ4v) is 4.07. The molecule has 0 radical (unpaired) electrons. The molecule has 0 aliphatic heterocycles. The molecular weight excluding hydrogens is 374 g/mol. The monoisotopic (exact) mass is 397 g/mol. The number of benzene rings is 5. The van der Waals surface area contributed by atoms with Crippen molar-refractivity contribution >= 4 is 5.69 Å². The van der Waals surface area contributed by atoms with Crippen LogP contribution >= 0.6 is 0 Å². The van der Waals surface area contributed by atoms with E-state index in [9.17, 15) is 0 Å². The molecule has 0 aliphatic carbocycles. The summed E-state index contributed by atoms with van der Waals surface area (Å²) in [6, 6.07) is 44.4. The van der Waals surface area contributed by atoms with Gasteiger partial charge in [0.2, 0.25) is 0 Å². The molecule has 0 heterocycles. The van der Waals surface area contributed by atoms with Gasteiger partial charge in [-0.05, 0) is 45.0 Å². The van der Waals surface area contributed by atoms with Crippen LogP contribution in [0, 0.1) is 0 Å². The minimum atomic E-state index is 0.789. The quantitative estimate of drug-likeness (QED) is 0.306. The second kappa shape index (κ2) is 8.33. The van der Waals surface area contributed by atoms with E-state index in [0.29, 0.717) is 0 Å². The van der Waals surface area contributed by atoms with Crippen LogP contribution in [0.5, 0.6) is 0 Å². The molecular formula is C30H23N. The van der Waals surface area contributed by atoms with Crippen LogP contribution in [0.3, 0.4) is 0 Å². The highest BCUT2D eigenvalue weighted by atomic mass is 14.6. The highest BCUT2D eigenvalue weighted by Gasteiger charge is 2.11. The first-order valence-electron chi connectivity index (χ1n) is 10.5. The van der Waals surface area contributed by atoms with Crippen LogP contribution in [0.1, 0.15) is 0 Å². The smallest absolute Gasteiger partial charge is 0.0400 e. The molecule has 31 heavy (non-hydrogen) atoms. The first-order chi connectivity index (χ1) is 15.3. The molecule has 0 spiro atoms. The first kappa shape index (κ1) is 18.9. The lowest BCUT2D eigenvalue weighted by atomic mass is 9.91. The zero-order chi connectivity index (χ0) is 21.0. The van der Waals surface area contributed by atoms with Crippen LogP contribution in [-0.4, -0.2) is 0 Å². The van der Waals surface area contributed by atoms with Gasteiger partial charge in [-0.25, -0.2) is 0 Å². The Morgan fingerprint density at radius 2 is 0.742 bits per heavy atom. The van der Waals surface area contributed by atoms with Gasteiger partial charge in [-0.2, -0.15) is 0 Å². The third kappa shape index (κ3) is 3.86. The number of hydrogen-bond donors (Lipinski definition) is 1. The highest BCUT2D eigenvalue weighted by Crippen LogP contribution is 2.38. The maximum Gasteiger partial charge on any atom is 0.0400 e. The Hall–Kier alpha value is -4.10. The SMILES string of the molecule is Nc1cccc(-c2ccc(-c3ccccc3)cc2)c1-c1ccc(-c2ccccc2)cc1. The summed E-state index contributed by atoms with van der Waals surface area (Å²) in [6.07, 6.45) is 0. The summed E-state index contributed by atoms with van der Waals surface area (Å²) in [6.45, 7) is 0. The molecule has 5 rings (SSSR count). The summed E-state index contributed by atoms with van der Waals surface area (Å²) in [5.41, 5.74) is 16.6. The van der Waals surface area contributed by atoms with Crippen LogP contribution < -0.4 is 5.73 Å². The molecule has 148 valence electrons. The van der Waals surface area contributed by atoms with E-state index in [4.69, 9.17) is 5.73 Å². The molecule has 5 aromatic rings. The maximum absolute atomic E-state index is 6.46. The average Bonchev–Trinajstić information content (AvgIpc) is 2.85. The highest BCUT2D eigenvalue weighted by molar-refractivity contribution is 5.92. The molecule has 0 amide bonds. The van der Waals surface area contributed by atoms with Gasteiger partial charge in [0.1, 0.15) is 0 Å². The normalized spacial score (nSPS) is 10.7. The first-order valence-corrected chi connectivity index (χ1v) is 10.5. The average molecular weight is 398 g/mol. The van der Waals surface area contributed by atoms with Gasteiger partial charge >= 0.3 is 0 Å². The van der Waals surface area contributed by atoms with Crippen molar-refractivity contribution in [1.29, 1.82) is 0 Å². The minimum Gasteiger partial charge on any atom is -0.398 e.